The Balaban J connectivity index is 2.21. The molecule has 2 aromatic rings. The van der Waals surface area contributed by atoms with Crippen LogP contribution in [-0.4, -0.2) is 17.9 Å². The van der Waals surface area contributed by atoms with Crippen LogP contribution in [0, 0.1) is 5.82 Å². The molecule has 0 atom stereocenters. The number of benzene rings is 1. The molecule has 0 spiro atoms. The number of hydrogen-bond acceptors (Lipinski definition) is 2. The molecule has 1 amide bonds. The molecule has 1 aromatic heterocycles. The first kappa shape index (κ1) is 12.6. The second kappa shape index (κ2) is 5.23. The first-order chi connectivity index (χ1) is 8.59. The molecule has 0 unspecified atom stereocenters. The van der Waals surface area contributed by atoms with E-state index in [1.807, 2.05) is 0 Å². The average molecular weight is 268 g/mol. The minimum atomic E-state index is -0.626. The van der Waals surface area contributed by atoms with Gasteiger partial charge in [0.15, 0.2) is 0 Å². The van der Waals surface area contributed by atoms with Gasteiger partial charge < -0.3 is 9.32 Å². The number of hydrogen-bond donors (Lipinski definition) is 0. The van der Waals surface area contributed by atoms with E-state index in [0.29, 0.717) is 5.76 Å². The maximum Gasteiger partial charge on any atom is 0.258 e. The van der Waals surface area contributed by atoms with E-state index >= 15 is 0 Å². The molecule has 5 heteroatoms. The summed E-state index contributed by atoms with van der Waals surface area (Å²) in [6, 6.07) is 7.62. The Kier molecular flexibility index (Phi) is 3.67. The van der Waals surface area contributed by atoms with E-state index < -0.39 is 11.7 Å². The molecule has 1 heterocycles. The van der Waals surface area contributed by atoms with Crippen molar-refractivity contribution in [3.63, 3.8) is 0 Å². The van der Waals surface area contributed by atoms with Crippen LogP contribution in [0.5, 0.6) is 0 Å². The van der Waals surface area contributed by atoms with Gasteiger partial charge in [-0.25, -0.2) is 4.39 Å². The zero-order valence-corrected chi connectivity index (χ0v) is 10.4. The van der Waals surface area contributed by atoms with E-state index in [4.69, 9.17) is 16.0 Å². The van der Waals surface area contributed by atoms with Gasteiger partial charge in [-0.2, -0.15) is 0 Å². The van der Waals surface area contributed by atoms with Gasteiger partial charge in [-0.3, -0.25) is 4.79 Å². The monoisotopic (exact) mass is 267 g/mol. The van der Waals surface area contributed by atoms with Crippen molar-refractivity contribution < 1.29 is 13.6 Å². The molecule has 0 aliphatic heterocycles. The number of nitrogens with zero attached hydrogens (tertiary/aromatic N) is 1. The molecule has 94 valence electrons. The van der Waals surface area contributed by atoms with E-state index in [0.717, 1.165) is 0 Å². The van der Waals surface area contributed by atoms with Gasteiger partial charge in [0.1, 0.15) is 11.6 Å². The minimum absolute atomic E-state index is 0.103. The van der Waals surface area contributed by atoms with Crippen molar-refractivity contribution in [1.82, 2.24) is 4.90 Å². The SMILES string of the molecule is CN(Cc1ccco1)C(=O)c1c(F)cccc1Cl. The van der Waals surface area contributed by atoms with Crippen LogP contribution in [0.4, 0.5) is 4.39 Å². The van der Waals surface area contributed by atoms with E-state index in [2.05, 4.69) is 0 Å². The lowest BCUT2D eigenvalue weighted by Gasteiger charge is -2.16. The van der Waals surface area contributed by atoms with Crippen molar-refractivity contribution >= 4 is 17.5 Å². The van der Waals surface area contributed by atoms with E-state index in [9.17, 15) is 9.18 Å². The Morgan fingerprint density at radius 3 is 2.78 bits per heavy atom. The summed E-state index contributed by atoms with van der Waals surface area (Å²) in [7, 11) is 1.56. The maximum absolute atomic E-state index is 13.6. The molecule has 0 N–H and O–H groups in total. The zero-order chi connectivity index (χ0) is 13.1. The standard InChI is InChI=1S/C13H11ClFNO2/c1-16(8-9-4-3-7-18-9)13(17)12-10(14)5-2-6-11(12)15/h2-7H,8H2,1H3. The lowest BCUT2D eigenvalue weighted by molar-refractivity contribution is 0.0771. The number of amides is 1. The molecule has 0 bridgehead atoms. The summed E-state index contributed by atoms with van der Waals surface area (Å²) in [5.41, 5.74) is -0.117. The summed E-state index contributed by atoms with van der Waals surface area (Å²) < 4.78 is 18.7. The van der Waals surface area contributed by atoms with Crippen LogP contribution in [0.25, 0.3) is 0 Å². The molecule has 0 aliphatic carbocycles. The summed E-state index contributed by atoms with van der Waals surface area (Å²) in [5, 5.41) is 0.103. The number of rotatable bonds is 3. The minimum Gasteiger partial charge on any atom is -0.467 e. The van der Waals surface area contributed by atoms with Gasteiger partial charge in [0.2, 0.25) is 0 Å². The van der Waals surface area contributed by atoms with Gasteiger partial charge in [-0.1, -0.05) is 17.7 Å². The van der Waals surface area contributed by atoms with Gasteiger partial charge in [-0.15, -0.1) is 0 Å². The quantitative estimate of drug-likeness (QED) is 0.854. The van der Waals surface area contributed by atoms with E-state index in [1.54, 1.807) is 19.2 Å². The van der Waals surface area contributed by atoms with Crippen LogP contribution in [0.1, 0.15) is 16.1 Å². The molecule has 0 saturated heterocycles. The van der Waals surface area contributed by atoms with Crippen molar-refractivity contribution in [2.75, 3.05) is 7.05 Å². The number of carbonyl (C=O) groups excluding carboxylic acids is 1. The third-order valence-corrected chi connectivity index (χ3v) is 2.81. The molecule has 0 aliphatic rings. The molecule has 0 fully saturated rings. The first-order valence-corrected chi connectivity index (χ1v) is 5.69. The summed E-state index contributed by atoms with van der Waals surface area (Å²) in [5.74, 6) is -0.480. The van der Waals surface area contributed by atoms with Gasteiger partial charge in [0.05, 0.1) is 23.4 Å². The summed E-state index contributed by atoms with van der Waals surface area (Å²) in [6.45, 7) is 0.260. The highest BCUT2D eigenvalue weighted by Gasteiger charge is 2.20. The second-order valence-corrected chi connectivity index (χ2v) is 4.24. The molecule has 0 saturated carbocycles. The fourth-order valence-electron chi connectivity index (χ4n) is 1.60. The van der Waals surface area contributed by atoms with E-state index in [1.165, 1.54) is 29.4 Å². The van der Waals surface area contributed by atoms with E-state index in [-0.39, 0.29) is 17.1 Å². The van der Waals surface area contributed by atoms with Crippen molar-refractivity contribution in [2.24, 2.45) is 0 Å². The molecular formula is C13H11ClFNO2. The fourth-order valence-corrected chi connectivity index (χ4v) is 1.84. The Bertz CT molecular complexity index is 534. The van der Waals surface area contributed by atoms with Crippen molar-refractivity contribution in [1.29, 1.82) is 0 Å². The predicted molar refractivity (Wildman–Crippen MR) is 65.9 cm³/mol. The van der Waals surface area contributed by atoms with Crippen molar-refractivity contribution in [3.8, 4) is 0 Å². The van der Waals surface area contributed by atoms with Gasteiger partial charge >= 0.3 is 0 Å². The molecule has 0 radical (unpaired) electrons. The van der Waals surface area contributed by atoms with Gasteiger partial charge in [-0.05, 0) is 24.3 Å². The first-order valence-electron chi connectivity index (χ1n) is 5.31. The van der Waals surface area contributed by atoms with Crippen LogP contribution in [0.15, 0.2) is 41.0 Å². The number of halogens is 2. The molecule has 1 aromatic carbocycles. The fraction of sp³-hybridized carbons (Fsp3) is 0.154. The van der Waals surface area contributed by atoms with Crippen LogP contribution < -0.4 is 0 Å². The Hall–Kier alpha value is -1.81. The van der Waals surface area contributed by atoms with Gasteiger partial charge in [0, 0.05) is 7.05 Å². The summed E-state index contributed by atoms with van der Waals surface area (Å²) >= 11 is 5.84. The largest absolute Gasteiger partial charge is 0.467 e. The number of carbonyl (C=O) groups is 1. The van der Waals surface area contributed by atoms with Gasteiger partial charge in [0.25, 0.3) is 5.91 Å². The van der Waals surface area contributed by atoms with Crippen LogP contribution in [0.2, 0.25) is 5.02 Å². The van der Waals surface area contributed by atoms with Crippen molar-refractivity contribution in [3.05, 3.63) is 58.8 Å². The average Bonchev–Trinajstić information content (AvgIpc) is 2.81. The Morgan fingerprint density at radius 2 is 2.17 bits per heavy atom. The maximum atomic E-state index is 13.6. The number of furan rings is 1. The normalized spacial score (nSPS) is 10.4. The topological polar surface area (TPSA) is 33.5 Å². The smallest absolute Gasteiger partial charge is 0.258 e. The lowest BCUT2D eigenvalue weighted by Crippen LogP contribution is -2.27. The van der Waals surface area contributed by atoms with Crippen LogP contribution >= 0.6 is 11.6 Å². The molecule has 2 rings (SSSR count). The Morgan fingerprint density at radius 1 is 1.39 bits per heavy atom. The highest BCUT2D eigenvalue weighted by molar-refractivity contribution is 6.33. The van der Waals surface area contributed by atoms with Crippen LogP contribution in [-0.2, 0) is 6.54 Å². The third kappa shape index (κ3) is 2.54. The zero-order valence-electron chi connectivity index (χ0n) is 9.69. The van der Waals surface area contributed by atoms with Crippen LogP contribution in [0.3, 0.4) is 0 Å². The summed E-state index contributed by atoms with van der Waals surface area (Å²) in [6.07, 6.45) is 1.52. The molecule has 3 nitrogen and oxygen atoms in total. The third-order valence-electron chi connectivity index (χ3n) is 2.50. The molecule has 18 heavy (non-hydrogen) atoms. The highest BCUT2D eigenvalue weighted by atomic mass is 35.5. The molecular weight excluding hydrogens is 257 g/mol. The van der Waals surface area contributed by atoms with Crippen molar-refractivity contribution in [2.45, 2.75) is 6.54 Å². The summed E-state index contributed by atoms with van der Waals surface area (Å²) in [4.78, 5) is 13.4. The lowest BCUT2D eigenvalue weighted by atomic mass is 10.2. The second-order valence-electron chi connectivity index (χ2n) is 3.84. The highest BCUT2D eigenvalue weighted by Crippen LogP contribution is 2.21. The Labute approximate surface area is 109 Å². The predicted octanol–water partition coefficient (Wildman–Crippen LogP) is 3.34.